The Morgan fingerprint density at radius 2 is 1.63 bits per heavy atom. The van der Waals surface area contributed by atoms with Crippen LogP contribution in [0.1, 0.15) is 33.2 Å². The molecule has 5 nitrogen and oxygen atoms in total. The van der Waals surface area contributed by atoms with Crippen LogP contribution in [0, 0.1) is 20.8 Å². The van der Waals surface area contributed by atoms with Crippen molar-refractivity contribution in [3.05, 3.63) is 64.8 Å². The predicted molar refractivity (Wildman–Crippen MR) is 93.3 cm³/mol. The second kappa shape index (κ2) is 6.86. The molecule has 140 valence electrons. The van der Waals surface area contributed by atoms with Crippen LogP contribution >= 0.6 is 0 Å². The molecule has 0 bridgehead atoms. The Morgan fingerprint density at radius 1 is 0.963 bits per heavy atom. The summed E-state index contributed by atoms with van der Waals surface area (Å²) in [5, 5.41) is 2.64. The van der Waals surface area contributed by atoms with Gasteiger partial charge in [-0.25, -0.2) is 9.97 Å². The Balaban J connectivity index is 1.76. The molecule has 0 aliphatic rings. The molecule has 0 spiro atoms. The minimum atomic E-state index is -4.55. The quantitative estimate of drug-likeness (QED) is 0.705. The molecule has 1 amide bonds. The summed E-state index contributed by atoms with van der Waals surface area (Å²) in [5.41, 5.74) is 1.08. The first-order valence-corrected chi connectivity index (χ1v) is 8.06. The molecule has 0 fully saturated rings. The maximum absolute atomic E-state index is 12.7. The number of hydrogen-bond donors (Lipinski definition) is 1. The Kier molecular flexibility index (Phi) is 4.73. The van der Waals surface area contributed by atoms with E-state index >= 15 is 0 Å². The summed E-state index contributed by atoms with van der Waals surface area (Å²) in [6.45, 7) is 5.03. The number of aryl methyl sites for hydroxylation is 3. The highest BCUT2D eigenvalue weighted by Crippen LogP contribution is 2.28. The highest BCUT2D eigenvalue weighted by molar-refractivity contribution is 6.05. The summed E-state index contributed by atoms with van der Waals surface area (Å²) in [4.78, 5) is 20.1. The molecule has 8 heteroatoms. The van der Waals surface area contributed by atoms with Gasteiger partial charge in [0, 0.05) is 11.3 Å². The lowest BCUT2D eigenvalue weighted by Crippen LogP contribution is -2.16. The number of rotatable bonds is 3. The Hall–Kier alpha value is -3.16. The van der Waals surface area contributed by atoms with Crippen molar-refractivity contribution >= 4 is 11.6 Å². The van der Waals surface area contributed by atoms with Crippen molar-refractivity contribution in [1.82, 2.24) is 9.97 Å². The summed E-state index contributed by atoms with van der Waals surface area (Å²) < 4.78 is 43.6. The van der Waals surface area contributed by atoms with Gasteiger partial charge in [-0.15, -0.1) is 0 Å². The van der Waals surface area contributed by atoms with Crippen LogP contribution in [0.4, 0.5) is 18.9 Å². The van der Waals surface area contributed by atoms with Gasteiger partial charge in [-0.2, -0.15) is 13.2 Å². The normalized spacial score (nSPS) is 11.5. The lowest BCUT2D eigenvalue weighted by atomic mass is 10.1. The molecule has 1 aromatic carbocycles. The smallest absolute Gasteiger partial charge is 0.433 e. The number of nitrogens with zero attached hydrogens (tertiary/aromatic N) is 2. The molecule has 3 rings (SSSR count). The van der Waals surface area contributed by atoms with E-state index in [4.69, 9.17) is 4.42 Å². The Morgan fingerprint density at radius 3 is 2.15 bits per heavy atom. The van der Waals surface area contributed by atoms with Crippen LogP contribution < -0.4 is 5.32 Å². The fraction of sp³-hybridized carbons (Fsp3) is 0.211. The Bertz CT molecular complexity index is 973. The van der Waals surface area contributed by atoms with E-state index in [-0.39, 0.29) is 11.3 Å². The van der Waals surface area contributed by atoms with Crippen molar-refractivity contribution < 1.29 is 22.4 Å². The summed E-state index contributed by atoms with van der Waals surface area (Å²) >= 11 is 0. The number of pyridine rings is 1. The molecule has 0 aliphatic heterocycles. The molecule has 1 N–H and O–H groups in total. The first-order valence-electron chi connectivity index (χ1n) is 8.06. The van der Waals surface area contributed by atoms with Gasteiger partial charge in [-0.3, -0.25) is 4.79 Å². The van der Waals surface area contributed by atoms with Crippen LogP contribution in [-0.2, 0) is 6.18 Å². The molecule has 27 heavy (non-hydrogen) atoms. The number of carbonyl (C=O) groups is 1. The van der Waals surface area contributed by atoms with Crippen molar-refractivity contribution in [2.45, 2.75) is 26.9 Å². The summed E-state index contributed by atoms with van der Waals surface area (Å²) in [6.07, 6.45) is -4.55. The molecular formula is C19H16F3N3O2. The summed E-state index contributed by atoms with van der Waals surface area (Å²) in [7, 11) is 0. The second-order valence-corrected chi connectivity index (χ2v) is 6.02. The largest absolute Gasteiger partial charge is 0.441 e. The highest BCUT2D eigenvalue weighted by Gasteiger charge is 2.33. The molecule has 0 radical (unpaired) electrons. The monoisotopic (exact) mass is 375 g/mol. The van der Waals surface area contributed by atoms with Crippen molar-refractivity contribution in [2.75, 3.05) is 5.32 Å². The average Bonchev–Trinajstić information content (AvgIpc) is 2.93. The fourth-order valence-corrected chi connectivity index (χ4v) is 2.45. The molecule has 0 unspecified atom stereocenters. The molecule has 0 saturated carbocycles. The third-order valence-corrected chi connectivity index (χ3v) is 4.04. The second-order valence-electron chi connectivity index (χ2n) is 6.02. The number of benzene rings is 1. The number of anilines is 1. The van der Waals surface area contributed by atoms with Gasteiger partial charge in [0.1, 0.15) is 11.5 Å². The van der Waals surface area contributed by atoms with E-state index in [0.717, 1.165) is 29.2 Å². The number of amides is 1. The van der Waals surface area contributed by atoms with Crippen LogP contribution in [0.25, 0.3) is 11.5 Å². The van der Waals surface area contributed by atoms with Crippen LogP contribution in [-0.4, -0.2) is 15.9 Å². The minimum Gasteiger partial charge on any atom is -0.441 e. The van der Waals surface area contributed by atoms with Gasteiger partial charge in [-0.1, -0.05) is 0 Å². The number of oxazole rings is 1. The predicted octanol–water partition coefficient (Wildman–Crippen LogP) is 4.93. The highest BCUT2D eigenvalue weighted by atomic mass is 19.4. The summed E-state index contributed by atoms with van der Waals surface area (Å²) in [5.74, 6) is 0.669. The van der Waals surface area contributed by atoms with Gasteiger partial charge >= 0.3 is 6.18 Å². The van der Waals surface area contributed by atoms with Crippen molar-refractivity contribution in [2.24, 2.45) is 0 Å². The number of nitrogens with one attached hydrogen (secondary N) is 1. The third-order valence-electron chi connectivity index (χ3n) is 4.04. The van der Waals surface area contributed by atoms with E-state index in [9.17, 15) is 18.0 Å². The van der Waals surface area contributed by atoms with Gasteiger partial charge in [0.2, 0.25) is 5.89 Å². The van der Waals surface area contributed by atoms with Crippen molar-refractivity contribution in [3.8, 4) is 11.5 Å². The molecule has 0 atom stereocenters. The molecule has 3 aromatic rings. The van der Waals surface area contributed by atoms with Crippen LogP contribution in [0.3, 0.4) is 0 Å². The SMILES string of the molecule is Cc1nc(C(F)(F)F)ccc1C(=O)Nc1ccc(-c2nc(C)c(C)o2)cc1. The Labute approximate surface area is 153 Å². The van der Waals surface area contributed by atoms with Crippen molar-refractivity contribution in [1.29, 1.82) is 0 Å². The van der Waals surface area contributed by atoms with Gasteiger partial charge < -0.3 is 9.73 Å². The third kappa shape index (κ3) is 3.99. The average molecular weight is 375 g/mol. The molecule has 0 aliphatic carbocycles. The van der Waals surface area contributed by atoms with E-state index in [1.165, 1.54) is 6.92 Å². The number of hydrogen-bond acceptors (Lipinski definition) is 4. The molecular weight excluding hydrogens is 359 g/mol. The minimum absolute atomic E-state index is 0.00433. The first-order chi connectivity index (χ1) is 12.6. The van der Waals surface area contributed by atoms with E-state index in [2.05, 4.69) is 15.3 Å². The van der Waals surface area contributed by atoms with Crippen LogP contribution in [0.2, 0.25) is 0 Å². The lowest BCUT2D eigenvalue weighted by Gasteiger charge is -2.10. The van der Waals surface area contributed by atoms with Crippen LogP contribution in [0.5, 0.6) is 0 Å². The number of carbonyl (C=O) groups excluding carboxylic acids is 1. The zero-order valence-corrected chi connectivity index (χ0v) is 14.8. The number of aromatic nitrogens is 2. The van der Waals surface area contributed by atoms with E-state index in [0.29, 0.717) is 11.6 Å². The molecule has 0 saturated heterocycles. The topological polar surface area (TPSA) is 68.0 Å². The number of halogens is 3. The first kappa shape index (κ1) is 18.6. The maximum atomic E-state index is 12.7. The fourth-order valence-electron chi connectivity index (χ4n) is 2.45. The zero-order chi connectivity index (χ0) is 19.8. The van der Waals surface area contributed by atoms with Crippen molar-refractivity contribution in [3.63, 3.8) is 0 Å². The summed E-state index contributed by atoms with van der Waals surface area (Å²) in [6, 6.07) is 8.70. The van der Waals surface area contributed by atoms with E-state index in [1.807, 2.05) is 13.8 Å². The van der Waals surface area contributed by atoms with E-state index in [1.54, 1.807) is 24.3 Å². The standard InChI is InChI=1S/C19H16F3N3O2/c1-10-12(3)27-18(24-10)13-4-6-14(7-5-13)25-17(26)15-8-9-16(19(20,21)22)23-11(15)2/h4-9H,1-3H3,(H,25,26). The van der Waals surface area contributed by atoms with Crippen LogP contribution in [0.15, 0.2) is 40.8 Å². The number of alkyl halides is 3. The molecule has 2 heterocycles. The molecule has 2 aromatic heterocycles. The van der Waals surface area contributed by atoms with Gasteiger partial charge in [0.15, 0.2) is 0 Å². The lowest BCUT2D eigenvalue weighted by molar-refractivity contribution is -0.141. The zero-order valence-electron chi connectivity index (χ0n) is 14.8. The van der Waals surface area contributed by atoms with E-state index < -0.39 is 17.8 Å². The maximum Gasteiger partial charge on any atom is 0.433 e. The van der Waals surface area contributed by atoms with Gasteiger partial charge in [-0.05, 0) is 57.2 Å². The van der Waals surface area contributed by atoms with Gasteiger partial charge in [0.05, 0.1) is 17.0 Å². The van der Waals surface area contributed by atoms with Gasteiger partial charge in [0.25, 0.3) is 5.91 Å².